The van der Waals surface area contributed by atoms with Gasteiger partial charge in [0.15, 0.2) is 0 Å². The van der Waals surface area contributed by atoms with Crippen molar-refractivity contribution in [3.63, 3.8) is 0 Å². The summed E-state index contributed by atoms with van der Waals surface area (Å²) in [4.78, 5) is 32.7. The first-order chi connectivity index (χ1) is 31.1. The van der Waals surface area contributed by atoms with Crippen LogP contribution in [0.25, 0.3) is 0 Å². The minimum atomic E-state index is -0.318. The van der Waals surface area contributed by atoms with Gasteiger partial charge in [-0.25, -0.2) is 0 Å². The van der Waals surface area contributed by atoms with Gasteiger partial charge in [-0.3, -0.25) is 9.59 Å². The van der Waals surface area contributed by atoms with Crippen LogP contribution in [0.4, 0.5) is 0 Å². The van der Waals surface area contributed by atoms with E-state index in [9.17, 15) is 9.59 Å². The molecule has 63 heavy (non-hydrogen) atoms. The summed E-state index contributed by atoms with van der Waals surface area (Å²) in [5.41, 5.74) is 0. The molecule has 1 atom stereocenters. The smallest absolute Gasteiger partial charge is 0.243 e. The first-order valence-electron chi connectivity index (χ1n) is 28.3. The van der Waals surface area contributed by atoms with Gasteiger partial charge in [0.25, 0.3) is 0 Å². The molecule has 1 aliphatic rings. The second kappa shape index (κ2) is 46.5. The van der Waals surface area contributed by atoms with E-state index in [1.54, 1.807) is 0 Å². The van der Waals surface area contributed by atoms with Crippen LogP contribution in [0.2, 0.25) is 0 Å². The second-order valence-corrected chi connectivity index (χ2v) is 19.6. The minimum Gasteiger partial charge on any atom is -0.354 e. The molecule has 5 nitrogen and oxygen atoms in total. The van der Waals surface area contributed by atoms with E-state index >= 15 is 0 Å². The molecule has 5 heteroatoms. The Labute approximate surface area is 394 Å². The maximum Gasteiger partial charge on any atom is 0.243 e. The van der Waals surface area contributed by atoms with Crippen LogP contribution >= 0.6 is 0 Å². The van der Waals surface area contributed by atoms with Crippen molar-refractivity contribution < 1.29 is 9.59 Å². The van der Waals surface area contributed by atoms with Gasteiger partial charge in [0, 0.05) is 32.4 Å². The van der Waals surface area contributed by atoms with Crippen LogP contribution in [0.3, 0.4) is 0 Å². The van der Waals surface area contributed by atoms with Crippen molar-refractivity contribution in [1.82, 2.24) is 15.1 Å². The van der Waals surface area contributed by atoms with Crippen LogP contribution < -0.4 is 5.32 Å². The molecule has 0 heterocycles. The van der Waals surface area contributed by atoms with E-state index in [1.165, 1.54) is 193 Å². The Morgan fingerprint density at radius 2 is 0.873 bits per heavy atom. The van der Waals surface area contributed by atoms with Crippen molar-refractivity contribution in [3.05, 3.63) is 0 Å². The summed E-state index contributed by atoms with van der Waals surface area (Å²) < 4.78 is 0. The van der Waals surface area contributed by atoms with E-state index in [4.69, 9.17) is 0 Å². The number of rotatable bonds is 44. The average Bonchev–Trinajstić information content (AvgIpc) is 3.30. The van der Waals surface area contributed by atoms with Crippen LogP contribution in [0, 0.1) is 29.6 Å². The first kappa shape index (κ1) is 59.0. The molecule has 2 amide bonds. The Kier molecular flexibility index (Phi) is 43.6. The third-order valence-electron chi connectivity index (χ3n) is 14.0. The lowest BCUT2D eigenvalue weighted by Crippen LogP contribution is -2.54. The molecule has 1 fully saturated rings. The van der Waals surface area contributed by atoms with Crippen LogP contribution in [0.5, 0.6) is 0 Å². The van der Waals surface area contributed by atoms with E-state index < -0.39 is 0 Å². The molecule has 0 saturated heterocycles. The number of hydrogen-bond acceptors (Lipinski definition) is 3. The first-order valence-corrected chi connectivity index (χ1v) is 28.3. The molecule has 1 N–H and O–H groups in total. The Bertz CT molecular complexity index is 1140. The quantitative estimate of drug-likeness (QED) is 0.0490. The van der Waals surface area contributed by atoms with Gasteiger partial charge in [0.05, 0.1) is 0 Å². The van der Waals surface area contributed by atoms with Crippen molar-refractivity contribution in [2.45, 2.75) is 297 Å². The predicted molar refractivity (Wildman–Crippen MR) is 276 cm³/mol. The number of carbonyl (C=O) groups excluding carboxylic acids is 2. The average molecular weight is 879 g/mol. The number of hydrogen-bond donors (Lipinski definition) is 1. The molecule has 1 rings (SSSR count). The topological polar surface area (TPSA) is 52.7 Å². The molecule has 1 aliphatic carbocycles. The van der Waals surface area contributed by atoms with Gasteiger partial charge in [0.2, 0.25) is 11.8 Å². The van der Waals surface area contributed by atoms with E-state index in [0.29, 0.717) is 13.0 Å². The molecule has 1 unspecified atom stereocenters. The maximum absolute atomic E-state index is 14.1. The number of nitrogens with one attached hydrogen (secondary N) is 1. The summed E-state index contributed by atoms with van der Waals surface area (Å²) in [6.07, 6.45) is 51.1. The van der Waals surface area contributed by atoms with Crippen LogP contribution in [0.15, 0.2) is 0 Å². The summed E-state index contributed by atoms with van der Waals surface area (Å²) in [7, 11) is 0. The molecule has 366 valence electrons. The predicted octanol–water partition coefficient (Wildman–Crippen LogP) is 16.3. The molecular formula is C58H107N3O2. The van der Waals surface area contributed by atoms with Crippen molar-refractivity contribution in [2.24, 2.45) is 5.92 Å². The molecule has 0 aromatic heterocycles. The lowest BCUT2D eigenvalue weighted by atomic mass is 9.82. The van der Waals surface area contributed by atoms with Gasteiger partial charge in [0.1, 0.15) is 6.04 Å². The summed E-state index contributed by atoms with van der Waals surface area (Å²) in [5, 5.41) is 3.36. The van der Waals surface area contributed by atoms with Crippen LogP contribution in [0.1, 0.15) is 291 Å². The van der Waals surface area contributed by atoms with E-state index in [0.717, 1.165) is 90.4 Å². The molecule has 0 radical (unpaired) electrons. The second-order valence-electron chi connectivity index (χ2n) is 19.6. The van der Waals surface area contributed by atoms with Crippen molar-refractivity contribution in [3.8, 4) is 23.7 Å². The highest BCUT2D eigenvalue weighted by Crippen LogP contribution is 2.30. The number of carbonyl (C=O) groups is 2. The fourth-order valence-electron chi connectivity index (χ4n) is 9.73. The van der Waals surface area contributed by atoms with Gasteiger partial charge in [-0.05, 0) is 82.3 Å². The van der Waals surface area contributed by atoms with Crippen molar-refractivity contribution in [1.29, 1.82) is 0 Å². The number of nitrogens with zero attached hydrogens (tertiary/aromatic N) is 2. The highest BCUT2D eigenvalue weighted by molar-refractivity contribution is 5.88. The molecule has 0 bridgehead atoms. The summed E-state index contributed by atoms with van der Waals surface area (Å²) in [5.74, 6) is 13.3. The lowest BCUT2D eigenvalue weighted by Gasteiger charge is -2.38. The van der Waals surface area contributed by atoms with Gasteiger partial charge in [-0.1, -0.05) is 239 Å². The summed E-state index contributed by atoms with van der Waals surface area (Å²) in [6.45, 7) is 13.5. The Hall–Kier alpha value is -1.98. The fraction of sp³-hybridized carbons (Fsp3) is 0.897. The van der Waals surface area contributed by atoms with Gasteiger partial charge in [-0.15, -0.1) is 0 Å². The highest BCUT2D eigenvalue weighted by Gasteiger charge is 2.36. The van der Waals surface area contributed by atoms with E-state index in [2.05, 4.69) is 66.5 Å². The monoisotopic (exact) mass is 878 g/mol. The third kappa shape index (κ3) is 35.9. The Balaban J connectivity index is 2.41. The highest BCUT2D eigenvalue weighted by atomic mass is 16.2. The summed E-state index contributed by atoms with van der Waals surface area (Å²) >= 11 is 0. The largest absolute Gasteiger partial charge is 0.354 e. The van der Waals surface area contributed by atoms with E-state index in [-0.39, 0.29) is 23.8 Å². The number of amides is 2. The Morgan fingerprint density at radius 1 is 0.476 bits per heavy atom. The molecular weight excluding hydrogens is 771 g/mol. The van der Waals surface area contributed by atoms with Gasteiger partial charge < -0.3 is 15.1 Å². The Morgan fingerprint density at radius 3 is 1.30 bits per heavy atom. The fourth-order valence-corrected chi connectivity index (χ4v) is 9.73. The zero-order chi connectivity index (χ0) is 45.5. The van der Waals surface area contributed by atoms with E-state index in [1.807, 2.05) is 0 Å². The molecule has 0 aliphatic heterocycles. The number of unbranched alkanes of at least 4 members (excludes halogenated alkanes) is 31. The molecule has 0 aromatic carbocycles. The standard InChI is InChI=1S/C58H107N3O2/c1-5-9-11-13-15-17-19-21-23-25-26-27-28-29-30-31-33-35-37-39-41-46-51-56(62)61(54-48-53-60(7-3)8-4)57(55-49-44-43-45-50-55)58(63)59-52-47-42-40-38-36-34-32-24-22-20-18-16-14-12-10-6-2/h55,57H,5-26,31-54H2,1-4H3,(H,59,63). The molecule has 0 spiro atoms. The lowest BCUT2D eigenvalue weighted by molar-refractivity contribution is -0.143. The van der Waals surface area contributed by atoms with Crippen molar-refractivity contribution in [2.75, 3.05) is 32.7 Å². The third-order valence-corrected chi connectivity index (χ3v) is 14.0. The van der Waals surface area contributed by atoms with Gasteiger partial charge in [-0.2, -0.15) is 0 Å². The van der Waals surface area contributed by atoms with Crippen LogP contribution in [-0.4, -0.2) is 60.4 Å². The molecule has 1 saturated carbocycles. The zero-order valence-electron chi connectivity index (χ0n) is 42.9. The normalized spacial score (nSPS) is 13.3. The minimum absolute atomic E-state index is 0.113. The zero-order valence-corrected chi connectivity index (χ0v) is 42.9. The summed E-state index contributed by atoms with van der Waals surface area (Å²) in [6, 6.07) is -0.318. The van der Waals surface area contributed by atoms with Gasteiger partial charge >= 0.3 is 0 Å². The maximum atomic E-state index is 14.1. The molecule has 0 aromatic rings. The van der Waals surface area contributed by atoms with Crippen LogP contribution in [-0.2, 0) is 9.59 Å². The van der Waals surface area contributed by atoms with Crippen molar-refractivity contribution >= 4 is 11.8 Å². The SMILES string of the molecule is CCCCCCCCCCCCC#CC#CCCCCCCCCC(=O)N(CCCN(CC)CC)C(C(=O)NCCCCCCCCCCCCCCCCCC)C1CCCCC1.